The number of nitrogens with zero attached hydrogens (tertiary/aromatic N) is 2. The second-order valence-electron chi connectivity index (χ2n) is 3.31. The molecule has 0 saturated carbocycles. The molecule has 0 amide bonds. The summed E-state index contributed by atoms with van der Waals surface area (Å²) < 4.78 is 5.54. The largest absolute Gasteiger partial charge is 0.478 e. The minimum atomic E-state index is 0.666. The van der Waals surface area contributed by atoms with Crippen molar-refractivity contribution in [3.63, 3.8) is 0 Å². The minimum absolute atomic E-state index is 0.666. The normalized spacial score (nSPS) is 10.1. The van der Waals surface area contributed by atoms with E-state index in [1.165, 1.54) is 0 Å². The predicted molar refractivity (Wildman–Crippen MR) is 61.4 cm³/mol. The van der Waals surface area contributed by atoms with Gasteiger partial charge in [-0.2, -0.15) is 4.98 Å². The molecule has 1 N–H and O–H groups in total. The average molecular weight is 209 g/mol. The van der Waals surface area contributed by atoms with Crippen LogP contribution >= 0.6 is 0 Å². The van der Waals surface area contributed by atoms with Crippen molar-refractivity contribution in [1.82, 2.24) is 9.97 Å². The zero-order valence-electron chi connectivity index (χ0n) is 9.71. The Hall–Kier alpha value is -1.32. The number of hydrogen-bond acceptors (Lipinski definition) is 4. The summed E-state index contributed by atoms with van der Waals surface area (Å²) in [5.74, 6) is 2.29. The van der Waals surface area contributed by atoms with E-state index in [2.05, 4.69) is 22.2 Å². The zero-order valence-corrected chi connectivity index (χ0v) is 9.71. The van der Waals surface area contributed by atoms with Gasteiger partial charge in [0.25, 0.3) is 0 Å². The van der Waals surface area contributed by atoms with Gasteiger partial charge in [-0.15, -0.1) is 0 Å². The smallest absolute Gasteiger partial charge is 0.218 e. The number of anilines is 1. The van der Waals surface area contributed by atoms with Gasteiger partial charge < -0.3 is 10.1 Å². The van der Waals surface area contributed by atoms with Gasteiger partial charge in [-0.1, -0.05) is 20.3 Å². The highest BCUT2D eigenvalue weighted by molar-refractivity contribution is 5.37. The molecule has 0 saturated heterocycles. The lowest BCUT2D eigenvalue weighted by Gasteiger charge is -2.07. The first-order valence-electron chi connectivity index (χ1n) is 5.48. The van der Waals surface area contributed by atoms with Crippen LogP contribution < -0.4 is 10.1 Å². The number of unbranched alkanes of at least 4 members (excludes halogenated alkanes) is 1. The Morgan fingerprint density at radius 2 is 2.13 bits per heavy atom. The van der Waals surface area contributed by atoms with E-state index < -0.39 is 0 Å². The molecule has 15 heavy (non-hydrogen) atoms. The van der Waals surface area contributed by atoms with Gasteiger partial charge >= 0.3 is 0 Å². The standard InChI is InChI=1S/C11H19N3O/c1-4-6-7-15-11-8-10(12-3)13-9(5-2)14-11/h8H,4-7H2,1-3H3,(H,12,13,14). The molecule has 0 spiro atoms. The monoisotopic (exact) mass is 209 g/mol. The lowest BCUT2D eigenvalue weighted by Crippen LogP contribution is -2.04. The molecule has 0 aliphatic heterocycles. The fourth-order valence-corrected chi connectivity index (χ4v) is 1.15. The Kier molecular flexibility index (Phi) is 4.87. The molecule has 4 heteroatoms. The maximum absolute atomic E-state index is 5.54. The summed E-state index contributed by atoms with van der Waals surface area (Å²) in [5, 5.41) is 3.00. The molecule has 0 atom stereocenters. The second kappa shape index (κ2) is 6.22. The van der Waals surface area contributed by atoms with Crippen molar-refractivity contribution >= 4 is 5.82 Å². The van der Waals surface area contributed by atoms with Crippen molar-refractivity contribution in [2.45, 2.75) is 33.1 Å². The van der Waals surface area contributed by atoms with Crippen LogP contribution in [0.1, 0.15) is 32.5 Å². The van der Waals surface area contributed by atoms with Crippen LogP contribution in [0.2, 0.25) is 0 Å². The molecule has 84 valence electrons. The number of ether oxygens (including phenoxy) is 1. The van der Waals surface area contributed by atoms with Gasteiger partial charge in [0.1, 0.15) is 11.6 Å². The topological polar surface area (TPSA) is 47.0 Å². The fourth-order valence-electron chi connectivity index (χ4n) is 1.15. The van der Waals surface area contributed by atoms with E-state index >= 15 is 0 Å². The molecule has 1 rings (SSSR count). The molecule has 0 aromatic carbocycles. The van der Waals surface area contributed by atoms with Gasteiger partial charge in [0.05, 0.1) is 6.61 Å². The Morgan fingerprint density at radius 3 is 2.73 bits per heavy atom. The number of aryl methyl sites for hydroxylation is 1. The summed E-state index contributed by atoms with van der Waals surface area (Å²) in [6.45, 7) is 4.89. The van der Waals surface area contributed by atoms with E-state index in [4.69, 9.17) is 4.74 Å². The third-order valence-corrected chi connectivity index (χ3v) is 2.07. The minimum Gasteiger partial charge on any atom is -0.478 e. The van der Waals surface area contributed by atoms with E-state index in [-0.39, 0.29) is 0 Å². The predicted octanol–water partition coefficient (Wildman–Crippen LogP) is 2.26. The maximum Gasteiger partial charge on any atom is 0.218 e. The number of nitrogens with one attached hydrogen (secondary N) is 1. The third kappa shape index (κ3) is 3.73. The molecule has 0 bridgehead atoms. The van der Waals surface area contributed by atoms with Gasteiger partial charge in [0, 0.05) is 19.5 Å². The van der Waals surface area contributed by atoms with Gasteiger partial charge in [0.15, 0.2) is 0 Å². The van der Waals surface area contributed by atoms with Crippen molar-refractivity contribution in [3.05, 3.63) is 11.9 Å². The van der Waals surface area contributed by atoms with Crippen LogP contribution in [0.25, 0.3) is 0 Å². The Bertz CT molecular complexity index is 280. The Morgan fingerprint density at radius 1 is 1.33 bits per heavy atom. The van der Waals surface area contributed by atoms with E-state index in [0.717, 1.165) is 37.5 Å². The third-order valence-electron chi connectivity index (χ3n) is 2.07. The van der Waals surface area contributed by atoms with E-state index in [1.54, 1.807) is 0 Å². The SMILES string of the molecule is CCCCOc1cc(NC)nc(CC)n1. The lowest BCUT2D eigenvalue weighted by atomic mass is 10.4. The Balaban J connectivity index is 2.68. The van der Waals surface area contributed by atoms with Gasteiger partial charge in [-0.05, 0) is 6.42 Å². The second-order valence-corrected chi connectivity index (χ2v) is 3.31. The van der Waals surface area contributed by atoms with Crippen LogP contribution in [0.15, 0.2) is 6.07 Å². The summed E-state index contributed by atoms with van der Waals surface area (Å²) in [6, 6.07) is 1.83. The number of aromatic nitrogens is 2. The van der Waals surface area contributed by atoms with Crippen LogP contribution in [0.4, 0.5) is 5.82 Å². The molecule has 0 radical (unpaired) electrons. The van der Waals surface area contributed by atoms with Crippen LogP contribution in [-0.4, -0.2) is 23.6 Å². The van der Waals surface area contributed by atoms with Crippen molar-refractivity contribution in [3.8, 4) is 5.88 Å². The lowest BCUT2D eigenvalue weighted by molar-refractivity contribution is 0.296. The van der Waals surface area contributed by atoms with Crippen molar-refractivity contribution in [1.29, 1.82) is 0 Å². The molecule has 4 nitrogen and oxygen atoms in total. The molecule has 1 aromatic rings. The molecule has 1 aromatic heterocycles. The molecular weight excluding hydrogens is 190 g/mol. The van der Waals surface area contributed by atoms with Crippen LogP contribution in [-0.2, 0) is 6.42 Å². The molecule has 0 unspecified atom stereocenters. The summed E-state index contributed by atoms with van der Waals surface area (Å²) in [6.07, 6.45) is 3.00. The highest BCUT2D eigenvalue weighted by Crippen LogP contribution is 2.13. The summed E-state index contributed by atoms with van der Waals surface area (Å²) in [4.78, 5) is 8.59. The molecule has 0 aliphatic carbocycles. The molecular formula is C11H19N3O. The fraction of sp³-hybridized carbons (Fsp3) is 0.636. The summed E-state index contributed by atoms with van der Waals surface area (Å²) in [7, 11) is 1.84. The van der Waals surface area contributed by atoms with Crippen LogP contribution in [0, 0.1) is 0 Å². The van der Waals surface area contributed by atoms with Gasteiger partial charge in [0.2, 0.25) is 5.88 Å². The van der Waals surface area contributed by atoms with Crippen LogP contribution in [0.3, 0.4) is 0 Å². The number of hydrogen-bond donors (Lipinski definition) is 1. The molecule has 0 fully saturated rings. The van der Waals surface area contributed by atoms with Crippen molar-refractivity contribution in [2.75, 3.05) is 19.0 Å². The van der Waals surface area contributed by atoms with Gasteiger partial charge in [-0.3, -0.25) is 0 Å². The highest BCUT2D eigenvalue weighted by atomic mass is 16.5. The molecule has 0 aliphatic rings. The summed E-state index contributed by atoms with van der Waals surface area (Å²) in [5.41, 5.74) is 0. The first-order chi connectivity index (χ1) is 7.30. The first kappa shape index (κ1) is 11.8. The van der Waals surface area contributed by atoms with E-state index in [9.17, 15) is 0 Å². The highest BCUT2D eigenvalue weighted by Gasteiger charge is 2.02. The first-order valence-corrected chi connectivity index (χ1v) is 5.48. The van der Waals surface area contributed by atoms with Gasteiger partial charge in [-0.25, -0.2) is 4.98 Å². The van der Waals surface area contributed by atoms with Crippen LogP contribution in [0.5, 0.6) is 5.88 Å². The number of rotatable bonds is 6. The quantitative estimate of drug-likeness (QED) is 0.730. The zero-order chi connectivity index (χ0) is 11.1. The van der Waals surface area contributed by atoms with Crippen molar-refractivity contribution in [2.24, 2.45) is 0 Å². The average Bonchev–Trinajstić information content (AvgIpc) is 2.29. The maximum atomic E-state index is 5.54. The van der Waals surface area contributed by atoms with Crippen molar-refractivity contribution < 1.29 is 4.74 Å². The Labute approximate surface area is 91.1 Å². The van der Waals surface area contributed by atoms with E-state index in [1.807, 2.05) is 20.0 Å². The molecule has 1 heterocycles. The van der Waals surface area contributed by atoms with E-state index in [0.29, 0.717) is 5.88 Å². The summed E-state index contributed by atoms with van der Waals surface area (Å²) >= 11 is 0.